The fourth-order valence-electron chi connectivity index (χ4n) is 7.74. The molecule has 260 valence electrons. The number of fused-ring (bicyclic) bond motifs is 1. The molecule has 0 spiro atoms. The van der Waals surface area contributed by atoms with Gasteiger partial charge in [0.25, 0.3) is 0 Å². The molecule has 0 N–H and O–H groups in total. The standard InChI is InChI=1S/C33H47F3N6O3S2/c1-24-6-3-14-39(24)20-21-46-30-22-25(8-9-28(30)33(34,35)36)32-27-23-40(47(2,44)45)19-12-29(27)42(37-32)16-5-13-38-17-10-26(11-18-38)41-15-4-7-31(41)43/h8-9,22,24,26H,3-7,10-21,23H2,1-2H3. The highest BCUT2D eigenvalue weighted by atomic mass is 32.2. The van der Waals surface area contributed by atoms with E-state index in [0.717, 1.165) is 95.1 Å². The number of hydrogen-bond donors (Lipinski definition) is 0. The van der Waals surface area contributed by atoms with Gasteiger partial charge in [-0.1, -0.05) is 6.07 Å². The number of carbonyl (C=O) groups excluding carboxylic acids is 1. The van der Waals surface area contributed by atoms with Crippen LogP contribution in [0.4, 0.5) is 13.2 Å². The third-order valence-corrected chi connectivity index (χ3v) is 12.7. The van der Waals surface area contributed by atoms with E-state index in [2.05, 4.69) is 21.6 Å². The minimum absolute atomic E-state index is 0.155. The number of alkyl halides is 3. The van der Waals surface area contributed by atoms with E-state index in [1.165, 1.54) is 28.4 Å². The number of hydrogen-bond acceptors (Lipinski definition) is 7. The van der Waals surface area contributed by atoms with Gasteiger partial charge in [0.05, 0.1) is 17.5 Å². The highest BCUT2D eigenvalue weighted by Crippen LogP contribution is 2.40. The van der Waals surface area contributed by atoms with Crippen LogP contribution < -0.4 is 0 Å². The summed E-state index contributed by atoms with van der Waals surface area (Å²) in [5.41, 5.74) is 2.24. The molecule has 1 aromatic heterocycles. The van der Waals surface area contributed by atoms with Gasteiger partial charge >= 0.3 is 6.18 Å². The molecule has 1 amide bonds. The number of rotatable bonds is 11. The molecule has 1 aromatic carbocycles. The van der Waals surface area contributed by atoms with Crippen molar-refractivity contribution in [3.8, 4) is 11.3 Å². The second-order valence-electron chi connectivity index (χ2n) is 13.5. The van der Waals surface area contributed by atoms with E-state index in [9.17, 15) is 26.4 Å². The zero-order valence-corrected chi connectivity index (χ0v) is 29.1. The molecule has 0 radical (unpaired) electrons. The van der Waals surface area contributed by atoms with Crippen LogP contribution >= 0.6 is 11.8 Å². The van der Waals surface area contributed by atoms with Gasteiger partial charge in [0, 0.05) is 98.2 Å². The molecule has 1 atom stereocenters. The number of aryl methyl sites for hydroxylation is 1. The maximum atomic E-state index is 14.1. The average Bonchev–Trinajstić information content (AvgIpc) is 3.75. The van der Waals surface area contributed by atoms with Crippen LogP contribution in [0.5, 0.6) is 0 Å². The Labute approximate surface area is 280 Å². The zero-order valence-electron chi connectivity index (χ0n) is 27.5. The Balaban J connectivity index is 1.19. The number of thioether (sulfide) groups is 1. The Kier molecular flexibility index (Phi) is 10.6. The van der Waals surface area contributed by atoms with Gasteiger partial charge in [0.1, 0.15) is 0 Å². The second kappa shape index (κ2) is 14.4. The smallest absolute Gasteiger partial charge is 0.340 e. The minimum atomic E-state index is -4.48. The first-order valence-electron chi connectivity index (χ1n) is 17.0. The molecule has 47 heavy (non-hydrogen) atoms. The van der Waals surface area contributed by atoms with Crippen molar-refractivity contribution in [2.75, 3.05) is 57.8 Å². The van der Waals surface area contributed by atoms with Crippen molar-refractivity contribution in [2.45, 2.75) is 94.5 Å². The van der Waals surface area contributed by atoms with Crippen molar-refractivity contribution in [1.29, 1.82) is 0 Å². The summed E-state index contributed by atoms with van der Waals surface area (Å²) in [4.78, 5) is 19.2. The molecule has 0 aliphatic carbocycles. The molecule has 4 aliphatic rings. The van der Waals surface area contributed by atoms with Crippen molar-refractivity contribution >= 4 is 27.7 Å². The highest BCUT2D eigenvalue weighted by molar-refractivity contribution is 7.99. The minimum Gasteiger partial charge on any atom is -0.340 e. The first-order valence-corrected chi connectivity index (χ1v) is 19.9. The summed E-state index contributed by atoms with van der Waals surface area (Å²) in [6.07, 6.45) is 3.90. The molecule has 0 saturated carbocycles. The van der Waals surface area contributed by atoms with Gasteiger partial charge in [-0.15, -0.1) is 11.8 Å². The Morgan fingerprint density at radius 3 is 2.43 bits per heavy atom. The third-order valence-electron chi connectivity index (χ3n) is 10.4. The molecule has 6 rings (SSSR count). The normalized spacial score (nSPS) is 22.4. The van der Waals surface area contributed by atoms with E-state index in [0.29, 0.717) is 55.0 Å². The van der Waals surface area contributed by atoms with Crippen molar-refractivity contribution in [2.24, 2.45) is 0 Å². The molecular weight excluding hydrogens is 650 g/mol. The molecule has 5 heterocycles. The van der Waals surface area contributed by atoms with Crippen LogP contribution in [0.15, 0.2) is 23.1 Å². The summed E-state index contributed by atoms with van der Waals surface area (Å²) in [5, 5.41) is 4.95. The summed E-state index contributed by atoms with van der Waals surface area (Å²) >= 11 is 1.23. The van der Waals surface area contributed by atoms with Crippen LogP contribution in [-0.2, 0) is 40.5 Å². The lowest BCUT2D eigenvalue weighted by atomic mass is 10.0. The van der Waals surface area contributed by atoms with Crippen LogP contribution in [0.1, 0.15) is 68.7 Å². The topological polar surface area (TPSA) is 82.0 Å². The van der Waals surface area contributed by atoms with Crippen LogP contribution in [0.2, 0.25) is 0 Å². The molecular formula is C33H47F3N6O3S2. The average molecular weight is 697 g/mol. The molecule has 0 bridgehead atoms. The largest absolute Gasteiger partial charge is 0.417 e. The van der Waals surface area contributed by atoms with Gasteiger partial charge in [-0.3, -0.25) is 14.4 Å². The van der Waals surface area contributed by atoms with Gasteiger partial charge in [-0.05, 0) is 70.7 Å². The lowest BCUT2D eigenvalue weighted by molar-refractivity contribution is -0.139. The van der Waals surface area contributed by atoms with E-state index >= 15 is 0 Å². The number of benzene rings is 1. The van der Waals surface area contributed by atoms with Gasteiger partial charge in [-0.25, -0.2) is 8.42 Å². The first-order chi connectivity index (χ1) is 22.4. The molecule has 3 fully saturated rings. The van der Waals surface area contributed by atoms with Crippen molar-refractivity contribution in [3.63, 3.8) is 0 Å². The summed E-state index contributed by atoms with van der Waals surface area (Å²) in [6, 6.07) is 5.03. The van der Waals surface area contributed by atoms with E-state index in [1.807, 2.05) is 4.68 Å². The maximum absolute atomic E-state index is 14.1. The monoisotopic (exact) mass is 696 g/mol. The molecule has 1 unspecified atom stereocenters. The number of carbonyl (C=O) groups is 1. The Bertz CT molecular complexity index is 1540. The van der Waals surface area contributed by atoms with E-state index in [-0.39, 0.29) is 17.3 Å². The van der Waals surface area contributed by atoms with Crippen LogP contribution in [0.3, 0.4) is 0 Å². The van der Waals surface area contributed by atoms with Crippen LogP contribution in [0.25, 0.3) is 11.3 Å². The summed E-state index contributed by atoms with van der Waals surface area (Å²) in [5.74, 6) is 0.837. The van der Waals surface area contributed by atoms with Crippen molar-refractivity contribution in [1.82, 2.24) is 28.8 Å². The predicted molar refractivity (Wildman–Crippen MR) is 178 cm³/mol. The SMILES string of the molecule is CC1CCCN1CCSc1cc(-c2nn(CCCN3CCC(N4CCCC4=O)CC3)c3c2CN(S(C)(=O)=O)CC3)ccc1C(F)(F)F. The maximum Gasteiger partial charge on any atom is 0.417 e. The van der Waals surface area contributed by atoms with E-state index in [4.69, 9.17) is 5.10 Å². The van der Waals surface area contributed by atoms with Crippen LogP contribution in [0, 0.1) is 0 Å². The van der Waals surface area contributed by atoms with Gasteiger partial charge in [0.2, 0.25) is 15.9 Å². The predicted octanol–water partition coefficient (Wildman–Crippen LogP) is 4.94. The fourth-order valence-corrected chi connectivity index (χ4v) is 9.62. The number of amides is 1. The lowest BCUT2D eigenvalue weighted by Gasteiger charge is -2.36. The third kappa shape index (κ3) is 8.03. The fraction of sp³-hybridized carbons (Fsp3) is 0.697. The van der Waals surface area contributed by atoms with Crippen LogP contribution in [-0.4, -0.2) is 113 Å². The zero-order chi connectivity index (χ0) is 33.3. The van der Waals surface area contributed by atoms with Gasteiger partial charge in [0.15, 0.2) is 0 Å². The summed E-state index contributed by atoms with van der Waals surface area (Å²) in [7, 11) is -3.46. The Morgan fingerprint density at radius 2 is 1.77 bits per heavy atom. The number of piperidine rings is 1. The van der Waals surface area contributed by atoms with E-state index < -0.39 is 21.8 Å². The number of nitrogens with zero attached hydrogens (tertiary/aromatic N) is 6. The number of aromatic nitrogens is 2. The summed E-state index contributed by atoms with van der Waals surface area (Å²) in [6.45, 7) is 8.68. The van der Waals surface area contributed by atoms with Gasteiger partial charge in [-0.2, -0.15) is 22.6 Å². The summed E-state index contributed by atoms with van der Waals surface area (Å²) < 4.78 is 70.7. The Morgan fingerprint density at radius 1 is 0.979 bits per heavy atom. The Hall–Kier alpha value is -2.13. The van der Waals surface area contributed by atoms with Crippen molar-refractivity contribution in [3.05, 3.63) is 35.0 Å². The second-order valence-corrected chi connectivity index (χ2v) is 16.7. The number of sulfonamides is 1. The first kappa shape index (κ1) is 34.7. The quantitative estimate of drug-likeness (QED) is 0.308. The molecule has 3 saturated heterocycles. The molecule has 2 aromatic rings. The molecule has 4 aliphatic heterocycles. The number of likely N-dealkylation sites (tertiary alicyclic amines) is 3. The number of halogens is 3. The van der Waals surface area contributed by atoms with E-state index in [1.54, 1.807) is 6.07 Å². The molecule has 14 heteroatoms. The van der Waals surface area contributed by atoms with Gasteiger partial charge < -0.3 is 9.80 Å². The highest BCUT2D eigenvalue weighted by Gasteiger charge is 2.35. The van der Waals surface area contributed by atoms with Crippen molar-refractivity contribution < 1.29 is 26.4 Å². The molecule has 9 nitrogen and oxygen atoms in total. The lowest BCUT2D eigenvalue weighted by Crippen LogP contribution is -2.45.